The molecule has 108 valence electrons. The molecule has 1 rings (SSSR count). The van der Waals surface area contributed by atoms with Crippen molar-refractivity contribution in [3.8, 4) is 6.07 Å². The van der Waals surface area contributed by atoms with E-state index in [4.69, 9.17) is 11.0 Å². The monoisotopic (exact) mass is 273 g/mol. The first-order valence-corrected chi connectivity index (χ1v) is 7.07. The van der Waals surface area contributed by atoms with E-state index in [9.17, 15) is 4.79 Å². The molecule has 1 aromatic carbocycles. The van der Waals surface area contributed by atoms with Gasteiger partial charge in [0, 0.05) is 13.1 Å². The Labute approximate surface area is 121 Å². The van der Waals surface area contributed by atoms with E-state index in [1.807, 2.05) is 39.0 Å². The number of carbonyl (C=O) groups is 1. The third kappa shape index (κ3) is 3.82. The molecule has 0 bridgehead atoms. The summed E-state index contributed by atoms with van der Waals surface area (Å²) in [6.07, 6.45) is 0.874. The van der Waals surface area contributed by atoms with E-state index in [0.29, 0.717) is 18.7 Å². The molecule has 20 heavy (non-hydrogen) atoms. The SMILES string of the molecule is CCC(C)[C@H](N)C(=O)N(CC)Cc1ccccc1C#N. The average Bonchev–Trinajstić information content (AvgIpc) is 2.50. The number of nitriles is 1. The fraction of sp³-hybridized carbons (Fsp3) is 0.500. The molecular weight excluding hydrogens is 250 g/mol. The molecule has 2 N–H and O–H groups in total. The summed E-state index contributed by atoms with van der Waals surface area (Å²) in [7, 11) is 0. The van der Waals surface area contributed by atoms with Crippen LogP contribution in [-0.4, -0.2) is 23.4 Å². The maximum atomic E-state index is 12.4. The van der Waals surface area contributed by atoms with Crippen LogP contribution in [0.1, 0.15) is 38.3 Å². The first-order valence-electron chi connectivity index (χ1n) is 7.07. The minimum atomic E-state index is -0.478. The van der Waals surface area contributed by atoms with Gasteiger partial charge >= 0.3 is 0 Å². The van der Waals surface area contributed by atoms with Gasteiger partial charge in [0.15, 0.2) is 0 Å². The first kappa shape index (κ1) is 16.2. The van der Waals surface area contributed by atoms with Gasteiger partial charge in [-0.15, -0.1) is 0 Å². The molecule has 1 aromatic rings. The molecule has 4 heteroatoms. The predicted octanol–water partition coefficient (Wildman–Crippen LogP) is 2.28. The highest BCUT2D eigenvalue weighted by Crippen LogP contribution is 2.14. The Morgan fingerprint density at radius 3 is 2.60 bits per heavy atom. The molecule has 0 aliphatic rings. The van der Waals surface area contributed by atoms with Crippen LogP contribution in [0.4, 0.5) is 0 Å². The topological polar surface area (TPSA) is 70.1 Å². The Kier molecular flexibility index (Phi) is 6.20. The standard InChI is InChI=1S/C16H23N3O/c1-4-12(3)15(18)16(20)19(5-2)11-14-9-7-6-8-13(14)10-17/h6-9,12,15H,4-5,11,18H2,1-3H3/t12?,15-/m0/s1. The van der Waals surface area contributed by atoms with Crippen LogP contribution in [0, 0.1) is 17.2 Å². The summed E-state index contributed by atoms with van der Waals surface area (Å²) in [5.74, 6) is 0.109. The van der Waals surface area contributed by atoms with Crippen LogP contribution >= 0.6 is 0 Å². The van der Waals surface area contributed by atoms with Gasteiger partial charge in [-0.1, -0.05) is 38.5 Å². The van der Waals surface area contributed by atoms with Crippen molar-refractivity contribution in [3.63, 3.8) is 0 Å². The van der Waals surface area contributed by atoms with E-state index in [-0.39, 0.29) is 11.8 Å². The third-order valence-electron chi connectivity index (χ3n) is 3.73. The lowest BCUT2D eigenvalue weighted by Crippen LogP contribution is -2.46. The van der Waals surface area contributed by atoms with Gasteiger partial charge in [-0.05, 0) is 24.5 Å². The summed E-state index contributed by atoms with van der Waals surface area (Å²) in [5.41, 5.74) is 7.49. The van der Waals surface area contributed by atoms with Crippen LogP contribution < -0.4 is 5.73 Å². The predicted molar refractivity (Wildman–Crippen MR) is 79.7 cm³/mol. The van der Waals surface area contributed by atoms with Crippen molar-refractivity contribution in [2.45, 2.75) is 39.8 Å². The van der Waals surface area contributed by atoms with Crippen molar-refractivity contribution in [2.75, 3.05) is 6.54 Å². The van der Waals surface area contributed by atoms with Gasteiger partial charge in [-0.2, -0.15) is 5.26 Å². The third-order valence-corrected chi connectivity index (χ3v) is 3.73. The Balaban J connectivity index is 2.87. The van der Waals surface area contributed by atoms with Crippen molar-refractivity contribution in [1.82, 2.24) is 4.90 Å². The molecule has 2 atom stereocenters. The molecule has 0 saturated heterocycles. The van der Waals surface area contributed by atoms with E-state index in [1.165, 1.54) is 0 Å². The largest absolute Gasteiger partial charge is 0.337 e. The highest BCUT2D eigenvalue weighted by Gasteiger charge is 2.24. The molecule has 4 nitrogen and oxygen atoms in total. The second-order valence-corrected chi connectivity index (χ2v) is 5.03. The Bertz CT molecular complexity index is 493. The fourth-order valence-electron chi connectivity index (χ4n) is 2.03. The molecule has 0 aliphatic carbocycles. The lowest BCUT2D eigenvalue weighted by atomic mass is 9.98. The molecule has 0 spiro atoms. The van der Waals surface area contributed by atoms with Crippen LogP contribution in [0.25, 0.3) is 0 Å². The number of benzene rings is 1. The summed E-state index contributed by atoms with van der Waals surface area (Å²) in [4.78, 5) is 14.1. The van der Waals surface area contributed by atoms with Crippen LogP contribution in [0.2, 0.25) is 0 Å². The lowest BCUT2D eigenvalue weighted by molar-refractivity contribution is -0.134. The lowest BCUT2D eigenvalue weighted by Gasteiger charge is -2.27. The molecule has 0 heterocycles. The number of rotatable bonds is 6. The summed E-state index contributed by atoms with van der Waals surface area (Å²) < 4.78 is 0. The maximum absolute atomic E-state index is 12.4. The molecule has 0 saturated carbocycles. The van der Waals surface area contributed by atoms with Gasteiger partial charge in [0.1, 0.15) is 0 Å². The van der Waals surface area contributed by atoms with Crippen molar-refractivity contribution in [3.05, 3.63) is 35.4 Å². The summed E-state index contributed by atoms with van der Waals surface area (Å²) in [6, 6.07) is 9.03. The van der Waals surface area contributed by atoms with Crippen molar-refractivity contribution < 1.29 is 4.79 Å². The van der Waals surface area contributed by atoms with Gasteiger partial charge in [-0.3, -0.25) is 4.79 Å². The summed E-state index contributed by atoms with van der Waals surface area (Å²) in [5, 5.41) is 9.10. The zero-order chi connectivity index (χ0) is 15.1. The zero-order valence-electron chi connectivity index (χ0n) is 12.5. The second-order valence-electron chi connectivity index (χ2n) is 5.03. The normalized spacial score (nSPS) is 13.3. The highest BCUT2D eigenvalue weighted by atomic mass is 16.2. The number of likely N-dealkylation sites (N-methyl/N-ethyl adjacent to an activating group) is 1. The summed E-state index contributed by atoms with van der Waals surface area (Å²) in [6.45, 7) is 6.96. The average molecular weight is 273 g/mol. The number of hydrogen-bond donors (Lipinski definition) is 1. The number of carbonyl (C=O) groups excluding carboxylic acids is 1. The van der Waals surface area contributed by atoms with Crippen LogP contribution in [-0.2, 0) is 11.3 Å². The van der Waals surface area contributed by atoms with Crippen LogP contribution in [0.5, 0.6) is 0 Å². The van der Waals surface area contributed by atoms with E-state index >= 15 is 0 Å². The Hall–Kier alpha value is -1.86. The molecular formula is C16H23N3O. The number of amides is 1. The zero-order valence-corrected chi connectivity index (χ0v) is 12.5. The van der Waals surface area contributed by atoms with Crippen molar-refractivity contribution >= 4 is 5.91 Å². The van der Waals surface area contributed by atoms with Gasteiger partial charge < -0.3 is 10.6 Å². The molecule has 0 fully saturated rings. The number of hydrogen-bond acceptors (Lipinski definition) is 3. The molecule has 0 radical (unpaired) electrons. The molecule has 0 aliphatic heterocycles. The quantitative estimate of drug-likeness (QED) is 0.864. The maximum Gasteiger partial charge on any atom is 0.240 e. The minimum absolute atomic E-state index is 0.0467. The van der Waals surface area contributed by atoms with E-state index < -0.39 is 6.04 Å². The Morgan fingerprint density at radius 2 is 2.05 bits per heavy atom. The fourth-order valence-corrected chi connectivity index (χ4v) is 2.03. The number of nitrogens with two attached hydrogens (primary N) is 1. The van der Waals surface area contributed by atoms with Gasteiger partial charge in [0.05, 0.1) is 17.7 Å². The first-order chi connectivity index (χ1) is 9.54. The highest BCUT2D eigenvalue weighted by molar-refractivity contribution is 5.82. The van der Waals surface area contributed by atoms with E-state index in [2.05, 4.69) is 6.07 Å². The van der Waals surface area contributed by atoms with Gasteiger partial charge in [0.25, 0.3) is 0 Å². The second kappa shape index (κ2) is 7.66. The smallest absolute Gasteiger partial charge is 0.240 e. The molecule has 1 amide bonds. The van der Waals surface area contributed by atoms with Gasteiger partial charge in [0.2, 0.25) is 5.91 Å². The van der Waals surface area contributed by atoms with Crippen LogP contribution in [0.15, 0.2) is 24.3 Å². The van der Waals surface area contributed by atoms with Crippen LogP contribution in [0.3, 0.4) is 0 Å². The molecule has 1 unspecified atom stereocenters. The van der Waals surface area contributed by atoms with E-state index in [0.717, 1.165) is 12.0 Å². The minimum Gasteiger partial charge on any atom is -0.337 e. The van der Waals surface area contributed by atoms with Crippen molar-refractivity contribution in [1.29, 1.82) is 5.26 Å². The van der Waals surface area contributed by atoms with Crippen molar-refractivity contribution in [2.24, 2.45) is 11.7 Å². The molecule has 0 aromatic heterocycles. The Morgan fingerprint density at radius 1 is 1.40 bits per heavy atom. The summed E-state index contributed by atoms with van der Waals surface area (Å²) >= 11 is 0. The van der Waals surface area contributed by atoms with E-state index in [1.54, 1.807) is 11.0 Å². The van der Waals surface area contributed by atoms with Gasteiger partial charge in [-0.25, -0.2) is 0 Å². The number of nitrogens with zero attached hydrogens (tertiary/aromatic N) is 2.